The highest BCUT2D eigenvalue weighted by Gasteiger charge is 2.13. The molecule has 1 aliphatic rings. The van der Waals surface area contributed by atoms with Crippen LogP contribution in [0.15, 0.2) is 31.1 Å². The van der Waals surface area contributed by atoms with E-state index in [4.69, 9.17) is 4.74 Å². The molecule has 3 heterocycles. The Bertz CT molecular complexity index is 478. The Morgan fingerprint density at radius 3 is 2.71 bits per heavy atom. The van der Waals surface area contributed by atoms with Crippen molar-refractivity contribution in [1.82, 2.24) is 19.5 Å². The zero-order valence-corrected chi connectivity index (χ0v) is 9.36. The average molecular weight is 231 g/mol. The van der Waals surface area contributed by atoms with Crippen molar-refractivity contribution in [1.29, 1.82) is 0 Å². The molecule has 2 aromatic heterocycles. The van der Waals surface area contributed by atoms with Gasteiger partial charge in [0.2, 0.25) is 0 Å². The molecule has 1 saturated heterocycles. The molecule has 0 spiro atoms. The van der Waals surface area contributed by atoms with Gasteiger partial charge in [-0.3, -0.25) is 4.57 Å². The second-order valence-corrected chi connectivity index (χ2v) is 3.80. The van der Waals surface area contributed by atoms with Gasteiger partial charge in [-0.15, -0.1) is 0 Å². The average Bonchev–Trinajstić information content (AvgIpc) is 2.94. The van der Waals surface area contributed by atoms with Crippen LogP contribution in [0.2, 0.25) is 0 Å². The number of ether oxygens (including phenoxy) is 1. The fourth-order valence-corrected chi connectivity index (χ4v) is 1.84. The second-order valence-electron chi connectivity index (χ2n) is 3.80. The zero-order chi connectivity index (χ0) is 11.5. The van der Waals surface area contributed by atoms with Gasteiger partial charge in [0.15, 0.2) is 0 Å². The van der Waals surface area contributed by atoms with Crippen LogP contribution in [0.5, 0.6) is 0 Å². The third-order valence-corrected chi connectivity index (χ3v) is 2.74. The van der Waals surface area contributed by atoms with Crippen molar-refractivity contribution in [3.05, 3.63) is 31.1 Å². The number of aromatic nitrogens is 4. The van der Waals surface area contributed by atoms with E-state index in [1.54, 1.807) is 18.9 Å². The molecule has 0 radical (unpaired) electrons. The molecule has 0 amide bonds. The van der Waals surface area contributed by atoms with Crippen LogP contribution >= 0.6 is 0 Å². The second kappa shape index (κ2) is 4.50. The fourth-order valence-electron chi connectivity index (χ4n) is 1.84. The Kier molecular flexibility index (Phi) is 2.71. The molecule has 0 atom stereocenters. The van der Waals surface area contributed by atoms with E-state index < -0.39 is 0 Å². The summed E-state index contributed by atoms with van der Waals surface area (Å²) in [4.78, 5) is 14.7. The molecule has 1 fully saturated rings. The largest absolute Gasteiger partial charge is 0.378 e. The smallest absolute Gasteiger partial charge is 0.143 e. The van der Waals surface area contributed by atoms with E-state index in [0.717, 1.165) is 37.9 Å². The number of rotatable bonds is 2. The van der Waals surface area contributed by atoms with Crippen LogP contribution < -0.4 is 4.90 Å². The SMILES string of the molecule is c1cn(-c2cc(N3CCOCC3)ncn2)cn1. The minimum Gasteiger partial charge on any atom is -0.378 e. The first kappa shape index (κ1) is 10.2. The lowest BCUT2D eigenvalue weighted by molar-refractivity contribution is 0.122. The van der Waals surface area contributed by atoms with Gasteiger partial charge < -0.3 is 9.64 Å². The van der Waals surface area contributed by atoms with E-state index in [0.29, 0.717) is 0 Å². The molecule has 1 aliphatic heterocycles. The highest BCUT2D eigenvalue weighted by atomic mass is 16.5. The third kappa shape index (κ3) is 2.12. The maximum absolute atomic E-state index is 5.32. The van der Waals surface area contributed by atoms with E-state index in [1.807, 2.05) is 16.8 Å². The molecule has 0 aliphatic carbocycles. The van der Waals surface area contributed by atoms with E-state index in [-0.39, 0.29) is 0 Å². The number of morpholine rings is 1. The zero-order valence-electron chi connectivity index (χ0n) is 9.36. The molecule has 6 nitrogen and oxygen atoms in total. The van der Waals surface area contributed by atoms with Gasteiger partial charge in [-0.1, -0.05) is 0 Å². The van der Waals surface area contributed by atoms with Gasteiger partial charge >= 0.3 is 0 Å². The summed E-state index contributed by atoms with van der Waals surface area (Å²) in [5, 5.41) is 0. The van der Waals surface area contributed by atoms with Gasteiger partial charge in [-0.05, 0) is 0 Å². The molecular formula is C11H13N5O. The van der Waals surface area contributed by atoms with E-state index in [9.17, 15) is 0 Å². The summed E-state index contributed by atoms with van der Waals surface area (Å²) >= 11 is 0. The van der Waals surface area contributed by atoms with E-state index >= 15 is 0 Å². The minimum absolute atomic E-state index is 0.754. The lowest BCUT2D eigenvalue weighted by Crippen LogP contribution is -2.36. The van der Waals surface area contributed by atoms with Gasteiger partial charge in [0.05, 0.1) is 13.2 Å². The first-order valence-electron chi connectivity index (χ1n) is 5.56. The van der Waals surface area contributed by atoms with Gasteiger partial charge in [-0.2, -0.15) is 0 Å². The van der Waals surface area contributed by atoms with Crippen molar-refractivity contribution >= 4 is 5.82 Å². The molecule has 2 aromatic rings. The van der Waals surface area contributed by atoms with Crippen molar-refractivity contribution < 1.29 is 4.74 Å². The standard InChI is InChI=1S/C11H13N5O/c1-2-16(9-12-1)11-7-10(13-8-14-11)15-3-5-17-6-4-15/h1-2,7-9H,3-6H2. The van der Waals surface area contributed by atoms with Crippen molar-refractivity contribution in [2.45, 2.75) is 0 Å². The van der Waals surface area contributed by atoms with Gasteiger partial charge in [0.25, 0.3) is 0 Å². The summed E-state index contributed by atoms with van der Waals surface area (Å²) in [6.07, 6.45) is 6.91. The Morgan fingerprint density at radius 2 is 1.94 bits per heavy atom. The van der Waals surface area contributed by atoms with Crippen LogP contribution in [0.25, 0.3) is 5.82 Å². The molecule has 6 heteroatoms. The van der Waals surface area contributed by atoms with E-state index in [1.165, 1.54) is 0 Å². The quantitative estimate of drug-likeness (QED) is 0.753. The monoisotopic (exact) mass is 231 g/mol. The lowest BCUT2D eigenvalue weighted by atomic mass is 10.4. The molecule has 0 N–H and O–H groups in total. The maximum atomic E-state index is 5.32. The fraction of sp³-hybridized carbons (Fsp3) is 0.364. The molecule has 0 aromatic carbocycles. The first-order chi connectivity index (χ1) is 8.43. The van der Waals surface area contributed by atoms with Crippen molar-refractivity contribution in [3.8, 4) is 5.82 Å². The maximum Gasteiger partial charge on any atom is 0.143 e. The Labute approximate surface area is 98.9 Å². The molecule has 17 heavy (non-hydrogen) atoms. The normalized spacial score (nSPS) is 16.1. The molecule has 0 unspecified atom stereocenters. The summed E-state index contributed by atoms with van der Waals surface area (Å²) in [6, 6.07) is 1.97. The van der Waals surface area contributed by atoms with Gasteiger partial charge in [0.1, 0.15) is 24.3 Å². The number of anilines is 1. The van der Waals surface area contributed by atoms with Crippen LogP contribution in [0.3, 0.4) is 0 Å². The van der Waals surface area contributed by atoms with Crippen molar-refractivity contribution in [3.63, 3.8) is 0 Å². The van der Waals surface area contributed by atoms with Crippen molar-refractivity contribution in [2.75, 3.05) is 31.2 Å². The molecule has 3 rings (SSSR count). The number of hydrogen-bond donors (Lipinski definition) is 0. The van der Waals surface area contributed by atoms with Crippen LogP contribution in [-0.4, -0.2) is 45.8 Å². The summed E-state index contributed by atoms with van der Waals surface area (Å²) in [5.41, 5.74) is 0. The highest BCUT2D eigenvalue weighted by molar-refractivity contribution is 5.43. The third-order valence-electron chi connectivity index (χ3n) is 2.74. The summed E-state index contributed by atoms with van der Waals surface area (Å²) in [5.74, 6) is 1.77. The lowest BCUT2D eigenvalue weighted by Gasteiger charge is -2.27. The highest BCUT2D eigenvalue weighted by Crippen LogP contribution is 2.14. The van der Waals surface area contributed by atoms with Crippen LogP contribution in [0.1, 0.15) is 0 Å². The molecule has 88 valence electrons. The van der Waals surface area contributed by atoms with Crippen LogP contribution in [0, 0.1) is 0 Å². The van der Waals surface area contributed by atoms with Crippen molar-refractivity contribution in [2.24, 2.45) is 0 Å². The summed E-state index contributed by atoms with van der Waals surface area (Å²) in [6.45, 7) is 3.26. The van der Waals surface area contributed by atoms with Crippen LogP contribution in [0.4, 0.5) is 5.82 Å². The summed E-state index contributed by atoms with van der Waals surface area (Å²) in [7, 11) is 0. The number of imidazole rings is 1. The number of nitrogens with zero attached hydrogens (tertiary/aromatic N) is 5. The predicted octanol–water partition coefficient (Wildman–Crippen LogP) is 0.499. The minimum atomic E-state index is 0.754. The summed E-state index contributed by atoms with van der Waals surface area (Å²) < 4.78 is 7.19. The Balaban J connectivity index is 1.88. The Hall–Kier alpha value is -1.95. The molecule has 0 bridgehead atoms. The van der Waals surface area contributed by atoms with Crippen LogP contribution in [-0.2, 0) is 4.74 Å². The number of hydrogen-bond acceptors (Lipinski definition) is 5. The Morgan fingerprint density at radius 1 is 1.12 bits per heavy atom. The predicted molar refractivity (Wildman–Crippen MR) is 62.2 cm³/mol. The molecular weight excluding hydrogens is 218 g/mol. The topological polar surface area (TPSA) is 56.1 Å². The molecule has 0 saturated carbocycles. The van der Waals surface area contributed by atoms with Gasteiger partial charge in [-0.25, -0.2) is 15.0 Å². The van der Waals surface area contributed by atoms with Gasteiger partial charge in [0, 0.05) is 31.5 Å². The van der Waals surface area contributed by atoms with E-state index in [2.05, 4.69) is 19.9 Å². The first-order valence-corrected chi connectivity index (χ1v) is 5.56.